The number of cyclic esters (lactones) is 1. The first-order valence-electron chi connectivity index (χ1n) is 11.7. The third-order valence-electron chi connectivity index (χ3n) is 7.06. The van der Waals surface area contributed by atoms with Crippen LogP contribution < -0.4 is 15.6 Å². The van der Waals surface area contributed by atoms with Crippen molar-refractivity contribution in [1.82, 2.24) is 19.8 Å². The number of hydrogen-bond acceptors (Lipinski definition) is 8. The highest BCUT2D eigenvalue weighted by molar-refractivity contribution is 5.87. The van der Waals surface area contributed by atoms with Gasteiger partial charge in [-0.2, -0.15) is 0 Å². The van der Waals surface area contributed by atoms with Crippen molar-refractivity contribution in [3.05, 3.63) is 57.4 Å². The van der Waals surface area contributed by atoms with Crippen LogP contribution in [0.4, 0.5) is 4.79 Å². The number of amides is 1. The largest absolute Gasteiger partial charge is 0.458 e. The first kappa shape index (κ1) is 21.8. The standard InChI is InChI=1S/C25H24N4O6/c1-2-25(33)18-11-20-21-15(12-29(20)22(30)17(18)13-34-23(25)31)9-14-10-16(3-4-19(14)27-21)35-24(32)28-7-5-26-6-8-28/h3-4,9-11,26,33H,2,5-8,12-13H2,1H3/t25-/m0/s1. The average molecular weight is 476 g/mol. The predicted molar refractivity (Wildman–Crippen MR) is 125 cm³/mol. The topological polar surface area (TPSA) is 123 Å². The second-order valence-corrected chi connectivity index (χ2v) is 9.06. The maximum absolute atomic E-state index is 13.3. The van der Waals surface area contributed by atoms with Crippen LogP contribution in [-0.4, -0.2) is 57.8 Å². The Morgan fingerprint density at radius 3 is 2.80 bits per heavy atom. The molecule has 3 aliphatic rings. The van der Waals surface area contributed by atoms with Gasteiger partial charge in [-0.3, -0.25) is 4.79 Å². The molecule has 10 heteroatoms. The molecule has 0 saturated carbocycles. The van der Waals surface area contributed by atoms with Gasteiger partial charge in [-0.1, -0.05) is 6.92 Å². The van der Waals surface area contributed by atoms with E-state index in [1.54, 1.807) is 40.7 Å². The molecular weight excluding hydrogens is 452 g/mol. The maximum Gasteiger partial charge on any atom is 0.415 e. The van der Waals surface area contributed by atoms with Crippen LogP contribution in [0.25, 0.3) is 22.3 Å². The SMILES string of the molecule is CC[C@@]1(O)C(=O)OCc2c1cc1n(c2=O)Cc2cc3cc(OC(=O)N4CCNCC4)ccc3nc2-1. The number of pyridine rings is 2. The highest BCUT2D eigenvalue weighted by Crippen LogP contribution is 2.38. The molecule has 2 aromatic heterocycles. The van der Waals surface area contributed by atoms with Gasteiger partial charge in [0.2, 0.25) is 0 Å². The zero-order chi connectivity index (χ0) is 24.3. The van der Waals surface area contributed by atoms with Gasteiger partial charge in [0.05, 0.1) is 29.0 Å². The first-order valence-corrected chi connectivity index (χ1v) is 11.7. The van der Waals surface area contributed by atoms with Crippen LogP contribution in [0.15, 0.2) is 35.1 Å². The van der Waals surface area contributed by atoms with Gasteiger partial charge in [0.15, 0.2) is 5.60 Å². The molecule has 2 N–H and O–H groups in total. The van der Waals surface area contributed by atoms with E-state index >= 15 is 0 Å². The Labute approximate surface area is 200 Å². The Morgan fingerprint density at radius 2 is 2.03 bits per heavy atom. The number of esters is 1. The van der Waals surface area contributed by atoms with Crippen LogP contribution in [0.1, 0.15) is 30.0 Å². The predicted octanol–water partition coefficient (Wildman–Crippen LogP) is 1.48. The number of nitrogens with zero attached hydrogens (tertiary/aromatic N) is 3. The van der Waals surface area contributed by atoms with Gasteiger partial charge in [0, 0.05) is 42.7 Å². The Kier molecular flexibility index (Phi) is 4.90. The van der Waals surface area contributed by atoms with Gasteiger partial charge in [-0.25, -0.2) is 14.6 Å². The zero-order valence-electron chi connectivity index (χ0n) is 19.2. The van der Waals surface area contributed by atoms with Crippen molar-refractivity contribution in [3.8, 4) is 17.1 Å². The number of fused-ring (bicyclic) bond motifs is 5. The quantitative estimate of drug-likeness (QED) is 0.417. The van der Waals surface area contributed by atoms with Crippen molar-refractivity contribution in [3.63, 3.8) is 0 Å². The lowest BCUT2D eigenvalue weighted by Crippen LogP contribution is -2.47. The minimum Gasteiger partial charge on any atom is -0.458 e. The number of hydrogen-bond donors (Lipinski definition) is 2. The third kappa shape index (κ3) is 3.32. The molecule has 35 heavy (non-hydrogen) atoms. The number of piperazine rings is 1. The molecule has 180 valence electrons. The van der Waals surface area contributed by atoms with Crippen LogP contribution in [0.2, 0.25) is 0 Å². The molecule has 0 aliphatic carbocycles. The highest BCUT2D eigenvalue weighted by Gasteiger charge is 2.45. The molecule has 0 spiro atoms. The summed E-state index contributed by atoms with van der Waals surface area (Å²) in [5, 5.41) is 15.0. The van der Waals surface area contributed by atoms with E-state index in [0.717, 1.165) is 24.0 Å². The molecule has 1 atom stereocenters. The lowest BCUT2D eigenvalue weighted by molar-refractivity contribution is -0.172. The van der Waals surface area contributed by atoms with Crippen LogP contribution in [0.3, 0.4) is 0 Å². The second-order valence-electron chi connectivity index (χ2n) is 9.06. The fraction of sp³-hybridized carbons (Fsp3) is 0.360. The molecule has 1 amide bonds. The summed E-state index contributed by atoms with van der Waals surface area (Å²) >= 11 is 0. The molecule has 0 bridgehead atoms. The molecule has 3 aliphatic heterocycles. The average Bonchev–Trinajstić information content (AvgIpc) is 3.23. The van der Waals surface area contributed by atoms with E-state index in [4.69, 9.17) is 14.5 Å². The van der Waals surface area contributed by atoms with Crippen molar-refractivity contribution < 1.29 is 24.2 Å². The number of aliphatic hydroxyl groups is 1. The van der Waals surface area contributed by atoms with Crippen LogP contribution in [0.5, 0.6) is 5.75 Å². The van der Waals surface area contributed by atoms with Crippen LogP contribution >= 0.6 is 0 Å². The summed E-state index contributed by atoms with van der Waals surface area (Å²) in [6.45, 7) is 4.49. The number of aromatic nitrogens is 2. The number of ether oxygens (including phenoxy) is 2. The fourth-order valence-electron chi connectivity index (χ4n) is 5.04. The molecule has 5 heterocycles. The summed E-state index contributed by atoms with van der Waals surface area (Å²) < 4.78 is 12.3. The van der Waals surface area contributed by atoms with E-state index in [9.17, 15) is 19.5 Å². The van der Waals surface area contributed by atoms with E-state index in [1.807, 2.05) is 6.07 Å². The molecule has 0 radical (unpaired) electrons. The van der Waals surface area contributed by atoms with E-state index in [1.165, 1.54) is 0 Å². The lowest BCUT2D eigenvalue weighted by atomic mass is 9.86. The maximum atomic E-state index is 13.3. The summed E-state index contributed by atoms with van der Waals surface area (Å²) in [6, 6.07) is 8.85. The Balaban J connectivity index is 1.38. The highest BCUT2D eigenvalue weighted by atomic mass is 16.6. The first-order chi connectivity index (χ1) is 16.9. The molecule has 1 fully saturated rings. The van der Waals surface area contributed by atoms with Gasteiger partial charge in [-0.15, -0.1) is 0 Å². The number of carbonyl (C=O) groups excluding carboxylic acids is 2. The Bertz CT molecular complexity index is 1460. The van der Waals surface area contributed by atoms with Crippen molar-refractivity contribution in [2.45, 2.75) is 32.1 Å². The summed E-state index contributed by atoms with van der Waals surface area (Å²) in [5.74, 6) is -0.320. The Morgan fingerprint density at radius 1 is 1.23 bits per heavy atom. The van der Waals surface area contributed by atoms with Crippen LogP contribution in [0, 0.1) is 0 Å². The lowest BCUT2D eigenvalue weighted by Gasteiger charge is -2.31. The fourth-order valence-corrected chi connectivity index (χ4v) is 5.04. The molecule has 1 saturated heterocycles. The molecule has 3 aromatic rings. The van der Waals surface area contributed by atoms with E-state index < -0.39 is 11.6 Å². The zero-order valence-corrected chi connectivity index (χ0v) is 19.2. The second kappa shape index (κ2) is 7.89. The van der Waals surface area contributed by atoms with Crippen molar-refractivity contribution in [1.29, 1.82) is 0 Å². The minimum atomic E-state index is -1.86. The van der Waals surface area contributed by atoms with Gasteiger partial charge >= 0.3 is 12.1 Å². The molecule has 10 nitrogen and oxygen atoms in total. The Hall–Kier alpha value is -3.76. The summed E-state index contributed by atoms with van der Waals surface area (Å²) in [7, 11) is 0. The van der Waals surface area contributed by atoms with Gasteiger partial charge in [-0.05, 0) is 36.8 Å². The summed E-state index contributed by atoms with van der Waals surface area (Å²) in [5.41, 5.74) is 1.11. The smallest absolute Gasteiger partial charge is 0.415 e. The van der Waals surface area contributed by atoms with Gasteiger partial charge < -0.3 is 29.4 Å². The van der Waals surface area contributed by atoms with Crippen molar-refractivity contribution in [2.24, 2.45) is 0 Å². The molecule has 1 aromatic carbocycles. The molecule has 0 unspecified atom stereocenters. The van der Waals surface area contributed by atoms with E-state index in [2.05, 4.69) is 5.32 Å². The van der Waals surface area contributed by atoms with Crippen LogP contribution in [-0.2, 0) is 28.3 Å². The monoisotopic (exact) mass is 476 g/mol. The van der Waals surface area contributed by atoms with E-state index in [-0.39, 0.29) is 35.8 Å². The van der Waals surface area contributed by atoms with Gasteiger partial charge in [0.25, 0.3) is 5.56 Å². The van der Waals surface area contributed by atoms with Crippen molar-refractivity contribution in [2.75, 3.05) is 26.2 Å². The number of benzene rings is 1. The normalized spacial score (nSPS) is 20.7. The number of carbonyl (C=O) groups is 2. The molecular formula is C25H24N4O6. The number of nitrogens with one attached hydrogen (secondary N) is 1. The summed E-state index contributed by atoms with van der Waals surface area (Å²) in [6.07, 6.45) is -0.292. The van der Waals surface area contributed by atoms with Gasteiger partial charge in [0.1, 0.15) is 12.4 Å². The molecule has 6 rings (SSSR count). The minimum absolute atomic E-state index is 0.0924. The summed E-state index contributed by atoms with van der Waals surface area (Å²) in [4.78, 5) is 44.5. The van der Waals surface area contributed by atoms with E-state index in [0.29, 0.717) is 42.3 Å². The van der Waals surface area contributed by atoms with Crippen molar-refractivity contribution >= 4 is 23.0 Å². The number of rotatable bonds is 2. The third-order valence-corrected chi connectivity index (χ3v) is 7.06.